The van der Waals surface area contributed by atoms with Gasteiger partial charge < -0.3 is 5.11 Å². The van der Waals surface area contributed by atoms with Crippen molar-refractivity contribution in [1.82, 2.24) is 0 Å². The van der Waals surface area contributed by atoms with Gasteiger partial charge in [-0.2, -0.15) is 0 Å². The minimum Gasteiger partial charge on any atom is -0.384 e. The number of allylic oxidation sites excluding steroid dienone is 1. The summed E-state index contributed by atoms with van der Waals surface area (Å²) in [5.41, 5.74) is 3.15. The van der Waals surface area contributed by atoms with Crippen LogP contribution in [-0.4, -0.2) is 5.11 Å². The average Bonchev–Trinajstić information content (AvgIpc) is 2.40. The molecule has 1 N–H and O–H groups in total. The third-order valence-corrected chi connectivity index (χ3v) is 2.78. The lowest BCUT2D eigenvalue weighted by atomic mass is 10.0. The summed E-state index contributed by atoms with van der Waals surface area (Å²) in [5, 5.41) is 10.1. The Bertz CT molecular complexity index is 485. The molecule has 2 rings (SSSR count). The van der Waals surface area contributed by atoms with Gasteiger partial charge in [0.05, 0.1) is 6.10 Å². The first-order chi connectivity index (χ1) is 8.27. The van der Waals surface area contributed by atoms with Gasteiger partial charge in [-0.1, -0.05) is 60.7 Å². The third kappa shape index (κ3) is 3.05. The molecular formula is C16H16O. The van der Waals surface area contributed by atoms with Crippen molar-refractivity contribution in [2.45, 2.75) is 13.0 Å². The molecule has 0 saturated heterocycles. The van der Waals surface area contributed by atoms with Gasteiger partial charge in [-0.05, 0) is 29.7 Å². The topological polar surface area (TPSA) is 20.2 Å². The Hall–Kier alpha value is -1.86. The summed E-state index contributed by atoms with van der Waals surface area (Å²) < 4.78 is 0. The summed E-state index contributed by atoms with van der Waals surface area (Å²) in [7, 11) is 0. The number of rotatable bonds is 3. The molecule has 1 atom stereocenters. The highest BCUT2D eigenvalue weighted by Crippen LogP contribution is 2.20. The second-order valence-corrected chi connectivity index (χ2v) is 4.07. The van der Waals surface area contributed by atoms with Crippen LogP contribution in [0.4, 0.5) is 0 Å². The number of benzene rings is 2. The van der Waals surface area contributed by atoms with Crippen molar-refractivity contribution in [3.05, 3.63) is 77.9 Å². The summed E-state index contributed by atoms with van der Waals surface area (Å²) in [6.45, 7) is 2.02. The molecule has 0 bridgehead atoms. The second-order valence-electron chi connectivity index (χ2n) is 4.07. The van der Waals surface area contributed by atoms with Gasteiger partial charge in [-0.15, -0.1) is 0 Å². The highest BCUT2D eigenvalue weighted by atomic mass is 16.3. The van der Waals surface area contributed by atoms with Crippen LogP contribution in [0.25, 0.3) is 5.57 Å². The van der Waals surface area contributed by atoms with Gasteiger partial charge >= 0.3 is 0 Å². The highest BCUT2D eigenvalue weighted by Gasteiger charge is 2.04. The summed E-state index contributed by atoms with van der Waals surface area (Å²) in [6, 6.07) is 19.8. The van der Waals surface area contributed by atoms with E-state index in [1.54, 1.807) is 0 Å². The molecule has 0 aliphatic rings. The molecule has 0 amide bonds. The van der Waals surface area contributed by atoms with Crippen molar-refractivity contribution in [1.29, 1.82) is 0 Å². The lowest BCUT2D eigenvalue weighted by Gasteiger charge is -2.08. The van der Waals surface area contributed by atoms with Gasteiger partial charge in [0.2, 0.25) is 0 Å². The Morgan fingerprint density at radius 1 is 0.941 bits per heavy atom. The Morgan fingerprint density at radius 3 is 2.06 bits per heavy atom. The molecule has 0 aliphatic carbocycles. The molecule has 0 aromatic heterocycles. The lowest BCUT2D eigenvalue weighted by molar-refractivity contribution is 0.229. The van der Waals surface area contributed by atoms with E-state index in [0.29, 0.717) is 0 Å². The summed E-state index contributed by atoms with van der Waals surface area (Å²) >= 11 is 0. The molecule has 86 valence electrons. The van der Waals surface area contributed by atoms with Crippen LogP contribution in [0, 0.1) is 0 Å². The molecule has 0 radical (unpaired) electrons. The minimum atomic E-state index is -0.545. The molecule has 2 aromatic carbocycles. The molecule has 1 nitrogen and oxygen atoms in total. The van der Waals surface area contributed by atoms with Crippen LogP contribution in [0.5, 0.6) is 0 Å². The average molecular weight is 224 g/mol. The van der Waals surface area contributed by atoms with Crippen molar-refractivity contribution < 1.29 is 5.11 Å². The van der Waals surface area contributed by atoms with Gasteiger partial charge in [-0.25, -0.2) is 0 Å². The van der Waals surface area contributed by atoms with Crippen molar-refractivity contribution >= 4 is 5.57 Å². The highest BCUT2D eigenvalue weighted by molar-refractivity contribution is 5.64. The molecule has 1 heteroatoms. The van der Waals surface area contributed by atoms with Crippen molar-refractivity contribution in [2.24, 2.45) is 0 Å². The predicted octanol–water partition coefficient (Wildman–Crippen LogP) is 3.82. The molecule has 0 spiro atoms. The van der Waals surface area contributed by atoms with E-state index >= 15 is 0 Å². The van der Waals surface area contributed by atoms with E-state index in [2.05, 4.69) is 0 Å². The quantitative estimate of drug-likeness (QED) is 0.840. The van der Waals surface area contributed by atoms with Crippen LogP contribution in [0.15, 0.2) is 66.7 Å². The van der Waals surface area contributed by atoms with Crippen LogP contribution in [0.2, 0.25) is 0 Å². The predicted molar refractivity (Wildman–Crippen MR) is 71.5 cm³/mol. The van der Waals surface area contributed by atoms with E-state index in [1.807, 2.05) is 73.7 Å². The zero-order valence-corrected chi connectivity index (χ0v) is 9.88. The molecule has 2 aromatic rings. The summed E-state index contributed by atoms with van der Waals surface area (Å²) in [4.78, 5) is 0. The molecule has 0 saturated carbocycles. The van der Waals surface area contributed by atoms with Gasteiger partial charge in [-0.3, -0.25) is 0 Å². The third-order valence-electron chi connectivity index (χ3n) is 2.78. The number of aliphatic hydroxyl groups excluding tert-OH is 1. The maximum atomic E-state index is 10.1. The van der Waals surface area contributed by atoms with E-state index in [9.17, 15) is 5.11 Å². The van der Waals surface area contributed by atoms with E-state index in [-0.39, 0.29) is 0 Å². The first-order valence-electron chi connectivity index (χ1n) is 5.74. The Balaban J connectivity index is 2.20. The van der Waals surface area contributed by atoms with Crippen LogP contribution >= 0.6 is 0 Å². The first kappa shape index (κ1) is 11.6. The van der Waals surface area contributed by atoms with Crippen molar-refractivity contribution in [2.75, 3.05) is 0 Å². The van der Waals surface area contributed by atoms with E-state index in [1.165, 1.54) is 0 Å². The molecule has 0 aliphatic heterocycles. The standard InChI is InChI=1S/C16H16O/c1-13(14-8-4-2-5-9-14)12-16(17)15-10-6-3-7-11-15/h2-12,16-17H,1H3/b13-12+. The van der Waals surface area contributed by atoms with Crippen LogP contribution < -0.4 is 0 Å². The van der Waals surface area contributed by atoms with Crippen LogP contribution in [-0.2, 0) is 0 Å². The summed E-state index contributed by atoms with van der Waals surface area (Å²) in [6.07, 6.45) is 1.33. The molecule has 0 fully saturated rings. The van der Waals surface area contributed by atoms with Gasteiger partial charge in [0.1, 0.15) is 0 Å². The largest absolute Gasteiger partial charge is 0.384 e. The normalized spacial score (nSPS) is 13.4. The van der Waals surface area contributed by atoms with Gasteiger partial charge in [0, 0.05) is 0 Å². The lowest BCUT2D eigenvalue weighted by Crippen LogP contribution is -1.93. The second kappa shape index (κ2) is 5.46. The Labute approximate surface area is 102 Å². The smallest absolute Gasteiger partial charge is 0.0977 e. The fourth-order valence-corrected chi connectivity index (χ4v) is 1.78. The number of hydrogen-bond donors (Lipinski definition) is 1. The molecule has 0 heterocycles. The van der Waals surface area contributed by atoms with Gasteiger partial charge in [0.25, 0.3) is 0 Å². The Kier molecular flexibility index (Phi) is 3.73. The van der Waals surface area contributed by atoms with Gasteiger partial charge in [0.15, 0.2) is 0 Å². The molecule has 17 heavy (non-hydrogen) atoms. The molecule has 1 unspecified atom stereocenters. The molecular weight excluding hydrogens is 208 g/mol. The van der Waals surface area contributed by atoms with E-state index in [4.69, 9.17) is 0 Å². The Morgan fingerprint density at radius 2 is 1.47 bits per heavy atom. The fourth-order valence-electron chi connectivity index (χ4n) is 1.78. The monoisotopic (exact) mass is 224 g/mol. The maximum absolute atomic E-state index is 10.1. The first-order valence-corrected chi connectivity index (χ1v) is 5.74. The zero-order chi connectivity index (χ0) is 12.1. The fraction of sp³-hybridized carbons (Fsp3) is 0.125. The van der Waals surface area contributed by atoms with Crippen molar-refractivity contribution in [3.8, 4) is 0 Å². The van der Waals surface area contributed by atoms with E-state index in [0.717, 1.165) is 16.7 Å². The zero-order valence-electron chi connectivity index (χ0n) is 9.88. The van der Waals surface area contributed by atoms with Crippen LogP contribution in [0.3, 0.4) is 0 Å². The van der Waals surface area contributed by atoms with Crippen LogP contribution in [0.1, 0.15) is 24.2 Å². The van der Waals surface area contributed by atoms with Crippen molar-refractivity contribution in [3.63, 3.8) is 0 Å². The maximum Gasteiger partial charge on any atom is 0.0977 e. The summed E-state index contributed by atoms with van der Waals surface area (Å²) in [5.74, 6) is 0. The minimum absolute atomic E-state index is 0.545. The SMILES string of the molecule is C/C(=C\C(O)c1ccccc1)c1ccccc1. The number of hydrogen-bond acceptors (Lipinski definition) is 1. The number of aliphatic hydroxyl groups is 1. The van der Waals surface area contributed by atoms with E-state index < -0.39 is 6.10 Å².